The van der Waals surface area contributed by atoms with Crippen LogP contribution in [0.3, 0.4) is 0 Å². The predicted molar refractivity (Wildman–Crippen MR) is 123 cm³/mol. The molecule has 1 aromatic rings. The number of hydrogen-bond donors (Lipinski definition) is 4. The molecule has 2 rings (SSSR count). The van der Waals surface area contributed by atoms with Crippen LogP contribution in [0.4, 0.5) is 0 Å². The fourth-order valence-electron chi connectivity index (χ4n) is 4.18. The molecule has 1 fully saturated rings. The van der Waals surface area contributed by atoms with Gasteiger partial charge in [-0.2, -0.15) is 0 Å². The fraction of sp³-hybridized carbons (Fsp3) is 0.652. The van der Waals surface area contributed by atoms with Crippen molar-refractivity contribution in [2.45, 2.75) is 82.5 Å². The number of carboxylic acids is 1. The molecule has 0 bridgehead atoms. The van der Waals surface area contributed by atoms with Gasteiger partial charge in [0.2, 0.25) is 5.91 Å². The van der Waals surface area contributed by atoms with Crippen LogP contribution in [0.25, 0.3) is 0 Å². The highest BCUT2D eigenvalue weighted by Crippen LogP contribution is 2.53. The molecule has 32 heavy (non-hydrogen) atoms. The topological polar surface area (TPSA) is 139 Å². The van der Waals surface area contributed by atoms with Crippen LogP contribution in [0.1, 0.15) is 69.8 Å². The van der Waals surface area contributed by atoms with Crippen LogP contribution in [0.5, 0.6) is 0 Å². The third kappa shape index (κ3) is 9.02. The smallest absolute Gasteiger partial charge is 0.351 e. The van der Waals surface area contributed by atoms with Crippen LogP contribution in [0.2, 0.25) is 0 Å². The number of aryl methyl sites for hydroxylation is 1. The zero-order valence-corrected chi connectivity index (χ0v) is 19.6. The summed E-state index contributed by atoms with van der Waals surface area (Å²) in [5, 5.41) is 12.2. The number of rotatable bonds is 13. The average Bonchev–Trinajstić information content (AvgIpc) is 3.05. The number of unbranched alkanes of at least 4 members (excludes halogenated alkanes) is 1. The van der Waals surface area contributed by atoms with E-state index < -0.39 is 25.5 Å². The lowest BCUT2D eigenvalue weighted by molar-refractivity contribution is -0.145. The number of hydrogen-bond acceptors (Lipinski definition) is 5. The molecule has 5 N–H and O–H groups in total. The van der Waals surface area contributed by atoms with E-state index in [9.17, 15) is 24.2 Å². The van der Waals surface area contributed by atoms with Crippen LogP contribution in [-0.2, 0) is 25.1 Å². The second-order valence-corrected chi connectivity index (χ2v) is 10.4. The molecule has 0 heterocycles. The molecule has 1 saturated carbocycles. The predicted octanol–water partition coefficient (Wildman–Crippen LogP) is 3.82. The van der Waals surface area contributed by atoms with E-state index >= 15 is 0 Å². The maximum Gasteiger partial charge on any atom is 0.351 e. The first-order valence-corrected chi connectivity index (χ1v) is 13.2. The Labute approximate surface area is 190 Å². The number of carbonyl (C=O) groups is 2. The summed E-state index contributed by atoms with van der Waals surface area (Å²) >= 11 is 0. The van der Waals surface area contributed by atoms with Gasteiger partial charge in [-0.1, -0.05) is 56.0 Å². The lowest BCUT2D eigenvalue weighted by atomic mass is 10.00. The Hall–Kier alpha value is -1.73. The summed E-state index contributed by atoms with van der Waals surface area (Å²) in [4.78, 5) is 35.2. The SMILES string of the molecule is NCCCC[C@H](OP(=O)(O)C(NC(=O)CCc1ccccc1)C1CCCCCC1)C(=O)O. The molecule has 3 atom stereocenters. The summed E-state index contributed by atoms with van der Waals surface area (Å²) in [5.74, 6) is -2.96. The van der Waals surface area contributed by atoms with Gasteiger partial charge < -0.3 is 21.1 Å². The fourth-order valence-corrected chi connectivity index (χ4v) is 6.00. The van der Waals surface area contributed by atoms with Gasteiger partial charge in [-0.3, -0.25) is 13.9 Å². The zero-order chi connectivity index (χ0) is 23.4. The number of nitrogens with two attached hydrogens (primary N) is 1. The number of carbonyl (C=O) groups excluding carboxylic acids is 1. The molecule has 1 amide bonds. The average molecular weight is 469 g/mol. The van der Waals surface area contributed by atoms with Gasteiger partial charge in [-0.25, -0.2) is 4.79 Å². The van der Waals surface area contributed by atoms with E-state index in [-0.39, 0.29) is 24.7 Å². The first kappa shape index (κ1) is 26.5. The summed E-state index contributed by atoms with van der Waals surface area (Å²) < 4.78 is 18.6. The van der Waals surface area contributed by atoms with E-state index in [1.165, 1.54) is 0 Å². The molecule has 2 unspecified atom stereocenters. The molecule has 1 aliphatic rings. The minimum Gasteiger partial charge on any atom is -0.479 e. The number of carboxylic acid groups (broad SMARTS) is 1. The van der Waals surface area contributed by atoms with Gasteiger partial charge in [-0.15, -0.1) is 0 Å². The molecule has 0 aliphatic heterocycles. The molecule has 1 aromatic carbocycles. The van der Waals surface area contributed by atoms with Crippen molar-refractivity contribution in [3.05, 3.63) is 35.9 Å². The first-order chi connectivity index (χ1) is 15.3. The maximum absolute atomic E-state index is 13.3. The van der Waals surface area contributed by atoms with Crippen molar-refractivity contribution in [2.75, 3.05) is 6.54 Å². The highest BCUT2D eigenvalue weighted by molar-refractivity contribution is 7.53. The summed E-state index contributed by atoms with van der Waals surface area (Å²) in [6.07, 6.45) is 5.73. The zero-order valence-electron chi connectivity index (χ0n) is 18.7. The Bertz CT molecular complexity index is 752. The maximum atomic E-state index is 13.3. The Kier molecular flexibility index (Phi) is 11.4. The van der Waals surface area contributed by atoms with Crippen molar-refractivity contribution in [1.29, 1.82) is 0 Å². The van der Waals surface area contributed by atoms with E-state index in [2.05, 4.69) is 5.32 Å². The van der Waals surface area contributed by atoms with Crippen LogP contribution < -0.4 is 11.1 Å². The highest BCUT2D eigenvalue weighted by Gasteiger charge is 2.42. The van der Waals surface area contributed by atoms with Gasteiger partial charge in [0.15, 0.2) is 6.10 Å². The van der Waals surface area contributed by atoms with Gasteiger partial charge in [0.05, 0.1) is 0 Å². The minimum atomic E-state index is -4.44. The third-order valence-electron chi connectivity index (χ3n) is 5.96. The van der Waals surface area contributed by atoms with Crippen LogP contribution >= 0.6 is 7.60 Å². The normalized spacial score (nSPS) is 18.8. The van der Waals surface area contributed by atoms with Gasteiger partial charge in [0, 0.05) is 6.42 Å². The molecule has 1 aliphatic carbocycles. The molecule has 8 nitrogen and oxygen atoms in total. The van der Waals surface area contributed by atoms with Crippen molar-refractivity contribution in [3.63, 3.8) is 0 Å². The molecular weight excluding hydrogens is 431 g/mol. The second kappa shape index (κ2) is 13.7. The van der Waals surface area contributed by atoms with E-state index in [1.54, 1.807) is 0 Å². The largest absolute Gasteiger partial charge is 0.479 e. The van der Waals surface area contributed by atoms with Crippen molar-refractivity contribution < 1.29 is 28.7 Å². The van der Waals surface area contributed by atoms with E-state index in [0.29, 0.717) is 38.6 Å². The summed E-state index contributed by atoms with van der Waals surface area (Å²) in [6.45, 7) is 0.408. The summed E-state index contributed by atoms with van der Waals surface area (Å²) in [5.41, 5.74) is 6.47. The number of benzene rings is 1. The number of amides is 1. The Morgan fingerprint density at radius 1 is 1.12 bits per heavy atom. The highest BCUT2D eigenvalue weighted by atomic mass is 31.2. The summed E-state index contributed by atoms with van der Waals surface area (Å²) in [6, 6.07) is 9.54. The third-order valence-corrected chi connectivity index (χ3v) is 7.77. The lowest BCUT2D eigenvalue weighted by Gasteiger charge is -2.31. The Morgan fingerprint density at radius 2 is 1.78 bits per heavy atom. The van der Waals surface area contributed by atoms with Gasteiger partial charge >= 0.3 is 13.6 Å². The van der Waals surface area contributed by atoms with Crippen molar-refractivity contribution in [3.8, 4) is 0 Å². The standard InChI is InChI=1S/C23H37N2O6P/c24-17-9-8-14-20(23(27)28)31-32(29,30)22(19-12-6-1-2-7-13-19)25-21(26)16-15-18-10-4-3-5-11-18/h3-5,10-11,19-20,22H,1-2,6-9,12-17,24H2,(H,25,26)(H,27,28)(H,29,30)/t20-,22?/m0/s1. The van der Waals surface area contributed by atoms with Crippen molar-refractivity contribution in [1.82, 2.24) is 5.32 Å². The van der Waals surface area contributed by atoms with E-state index in [0.717, 1.165) is 31.2 Å². The monoisotopic (exact) mass is 468 g/mol. The van der Waals surface area contributed by atoms with E-state index in [1.807, 2.05) is 30.3 Å². The van der Waals surface area contributed by atoms with E-state index in [4.69, 9.17) is 10.3 Å². The van der Waals surface area contributed by atoms with Crippen LogP contribution in [0, 0.1) is 5.92 Å². The second-order valence-electron chi connectivity index (χ2n) is 8.53. The molecule has 0 aromatic heterocycles. The number of nitrogens with one attached hydrogen (secondary N) is 1. The lowest BCUT2D eigenvalue weighted by Crippen LogP contribution is -2.41. The van der Waals surface area contributed by atoms with Gasteiger partial charge in [0.25, 0.3) is 0 Å². The van der Waals surface area contributed by atoms with Gasteiger partial charge in [-0.05, 0) is 56.6 Å². The minimum absolute atomic E-state index is 0.0937. The molecular formula is C23H37N2O6P. The molecule has 0 radical (unpaired) electrons. The molecule has 180 valence electrons. The Morgan fingerprint density at radius 3 is 2.38 bits per heavy atom. The summed E-state index contributed by atoms with van der Waals surface area (Å²) in [7, 11) is -4.44. The van der Waals surface area contributed by atoms with Gasteiger partial charge in [0.1, 0.15) is 5.78 Å². The molecule has 0 spiro atoms. The molecule has 9 heteroatoms. The van der Waals surface area contributed by atoms with Crippen molar-refractivity contribution >= 4 is 19.5 Å². The number of aliphatic carboxylic acids is 1. The first-order valence-electron chi connectivity index (χ1n) is 11.6. The van der Waals surface area contributed by atoms with Crippen LogP contribution in [-0.4, -0.2) is 40.3 Å². The van der Waals surface area contributed by atoms with Crippen molar-refractivity contribution in [2.24, 2.45) is 11.7 Å². The van der Waals surface area contributed by atoms with Crippen LogP contribution in [0.15, 0.2) is 30.3 Å². The Balaban J connectivity index is 2.11. The molecule has 0 saturated heterocycles. The quantitative estimate of drug-likeness (QED) is 0.196.